The monoisotopic (exact) mass is 300 g/mol. The zero-order valence-electron chi connectivity index (χ0n) is 13.0. The summed E-state index contributed by atoms with van der Waals surface area (Å²) in [4.78, 5) is 12.0. The molecule has 0 spiro atoms. The van der Waals surface area contributed by atoms with Crippen LogP contribution in [-0.4, -0.2) is 42.7 Å². The number of carbonyl (C=O) groups excluding carboxylic acids is 1. The molecule has 1 rings (SSSR count). The number of hydrogen-bond acceptors (Lipinski definition) is 5. The molecule has 2 N–H and O–H groups in total. The van der Waals surface area contributed by atoms with Crippen molar-refractivity contribution in [1.29, 1.82) is 0 Å². The molecule has 0 aliphatic heterocycles. The molecule has 0 aliphatic rings. The lowest BCUT2D eigenvalue weighted by molar-refractivity contribution is -0.123. The van der Waals surface area contributed by atoms with Crippen LogP contribution < -0.4 is 5.32 Å². The quantitative estimate of drug-likeness (QED) is 0.780. The summed E-state index contributed by atoms with van der Waals surface area (Å²) >= 11 is 1.34. The van der Waals surface area contributed by atoms with Crippen LogP contribution in [0.1, 0.15) is 47.6 Å². The van der Waals surface area contributed by atoms with Gasteiger partial charge in [0.2, 0.25) is 5.91 Å². The Morgan fingerprint density at radius 3 is 2.55 bits per heavy atom. The minimum Gasteiger partial charge on any atom is -0.388 e. The molecule has 0 fully saturated rings. The molecule has 0 radical (unpaired) electrons. The highest BCUT2D eigenvalue weighted by atomic mass is 32.2. The van der Waals surface area contributed by atoms with Crippen LogP contribution in [0.25, 0.3) is 0 Å². The van der Waals surface area contributed by atoms with Crippen molar-refractivity contribution in [2.75, 3.05) is 5.75 Å². The van der Waals surface area contributed by atoms with Gasteiger partial charge >= 0.3 is 0 Å². The second kappa shape index (κ2) is 6.13. The lowest BCUT2D eigenvalue weighted by Crippen LogP contribution is -2.58. The Kier molecular flexibility index (Phi) is 5.21. The molecule has 0 saturated heterocycles. The number of rotatable bonds is 6. The SMILES string of the molecule is CC(C)n1cnnc1SCC(=O)NC(C)(C)C(C)(C)O. The van der Waals surface area contributed by atoms with Crippen molar-refractivity contribution in [1.82, 2.24) is 20.1 Å². The fraction of sp³-hybridized carbons (Fsp3) is 0.769. The molecule has 1 amide bonds. The molecule has 0 unspecified atom stereocenters. The van der Waals surface area contributed by atoms with Crippen molar-refractivity contribution in [3.05, 3.63) is 6.33 Å². The van der Waals surface area contributed by atoms with Crippen LogP contribution in [0.5, 0.6) is 0 Å². The number of hydrogen-bond donors (Lipinski definition) is 2. The first-order valence-corrected chi connectivity index (χ1v) is 7.59. The van der Waals surface area contributed by atoms with Gasteiger partial charge < -0.3 is 15.0 Å². The lowest BCUT2D eigenvalue weighted by Gasteiger charge is -2.37. The third-order valence-corrected chi connectivity index (χ3v) is 4.37. The van der Waals surface area contributed by atoms with Crippen LogP contribution >= 0.6 is 11.8 Å². The van der Waals surface area contributed by atoms with Crippen LogP contribution in [0, 0.1) is 0 Å². The van der Waals surface area contributed by atoms with Crippen LogP contribution in [0.4, 0.5) is 0 Å². The molecule has 0 aromatic carbocycles. The van der Waals surface area contributed by atoms with Gasteiger partial charge in [-0.3, -0.25) is 4.79 Å². The Balaban J connectivity index is 2.58. The fourth-order valence-electron chi connectivity index (χ4n) is 1.36. The number of nitrogens with zero attached hydrogens (tertiary/aromatic N) is 3. The summed E-state index contributed by atoms with van der Waals surface area (Å²) in [6, 6.07) is 0.253. The highest BCUT2D eigenvalue weighted by Gasteiger charge is 2.36. The molecule has 1 aromatic rings. The Morgan fingerprint density at radius 2 is 2.05 bits per heavy atom. The molecular weight excluding hydrogens is 276 g/mol. The third-order valence-electron chi connectivity index (χ3n) is 3.41. The number of aromatic nitrogens is 3. The van der Waals surface area contributed by atoms with Crippen molar-refractivity contribution in [3.63, 3.8) is 0 Å². The van der Waals surface area contributed by atoms with E-state index >= 15 is 0 Å². The first-order valence-electron chi connectivity index (χ1n) is 6.60. The number of thioether (sulfide) groups is 1. The van der Waals surface area contributed by atoms with Crippen molar-refractivity contribution < 1.29 is 9.90 Å². The zero-order chi connectivity index (χ0) is 15.6. The third kappa shape index (κ3) is 4.21. The fourth-order valence-corrected chi connectivity index (χ4v) is 2.20. The molecule has 0 saturated carbocycles. The number of aliphatic hydroxyl groups is 1. The second-order valence-corrected chi connectivity index (χ2v) is 7.08. The average Bonchev–Trinajstić information content (AvgIpc) is 2.72. The van der Waals surface area contributed by atoms with Crippen LogP contribution in [0.3, 0.4) is 0 Å². The summed E-state index contributed by atoms with van der Waals surface area (Å²) in [5, 5.41) is 21.4. The summed E-state index contributed by atoms with van der Waals surface area (Å²) in [6.45, 7) is 11.0. The smallest absolute Gasteiger partial charge is 0.230 e. The normalized spacial score (nSPS) is 12.8. The Bertz CT molecular complexity index is 463. The van der Waals surface area contributed by atoms with E-state index < -0.39 is 11.1 Å². The summed E-state index contributed by atoms with van der Waals surface area (Å²) in [7, 11) is 0. The Labute approximate surface area is 124 Å². The molecule has 0 bridgehead atoms. The summed E-state index contributed by atoms with van der Waals surface area (Å²) in [5.74, 6) is 0.103. The first-order chi connectivity index (χ1) is 9.04. The van der Waals surface area contributed by atoms with Gasteiger partial charge in [-0.05, 0) is 41.5 Å². The van der Waals surface area contributed by atoms with Crippen LogP contribution in [-0.2, 0) is 4.79 Å². The van der Waals surface area contributed by atoms with E-state index in [1.54, 1.807) is 34.0 Å². The molecular formula is C13H24N4O2S. The largest absolute Gasteiger partial charge is 0.388 e. The summed E-state index contributed by atoms with van der Waals surface area (Å²) in [6.07, 6.45) is 1.66. The van der Waals surface area contributed by atoms with E-state index in [4.69, 9.17) is 0 Å². The van der Waals surface area contributed by atoms with Gasteiger partial charge in [0.05, 0.1) is 16.9 Å². The van der Waals surface area contributed by atoms with Crippen molar-refractivity contribution in [3.8, 4) is 0 Å². The van der Waals surface area contributed by atoms with Gasteiger partial charge in [0.25, 0.3) is 0 Å². The second-order valence-electron chi connectivity index (χ2n) is 6.14. The van der Waals surface area contributed by atoms with Gasteiger partial charge in [0, 0.05) is 6.04 Å². The van der Waals surface area contributed by atoms with E-state index in [0.29, 0.717) is 0 Å². The maximum absolute atomic E-state index is 12.0. The summed E-state index contributed by atoms with van der Waals surface area (Å²) in [5.41, 5.74) is -1.69. The zero-order valence-corrected chi connectivity index (χ0v) is 13.8. The van der Waals surface area contributed by atoms with Crippen molar-refractivity contribution in [2.24, 2.45) is 0 Å². The maximum atomic E-state index is 12.0. The van der Waals surface area contributed by atoms with Gasteiger partial charge in [-0.25, -0.2) is 0 Å². The molecule has 0 atom stereocenters. The van der Waals surface area contributed by atoms with Gasteiger partial charge in [-0.15, -0.1) is 10.2 Å². The Hall–Kier alpha value is -1.08. The van der Waals surface area contributed by atoms with Gasteiger partial charge in [-0.2, -0.15) is 0 Å². The average molecular weight is 300 g/mol. The van der Waals surface area contributed by atoms with Gasteiger partial charge in [0.15, 0.2) is 5.16 Å². The predicted molar refractivity (Wildman–Crippen MR) is 79.7 cm³/mol. The Morgan fingerprint density at radius 1 is 1.45 bits per heavy atom. The van der Waals surface area contributed by atoms with E-state index in [1.807, 2.05) is 18.4 Å². The molecule has 7 heteroatoms. The highest BCUT2D eigenvalue weighted by molar-refractivity contribution is 7.99. The first kappa shape index (κ1) is 17.0. The van der Waals surface area contributed by atoms with E-state index in [1.165, 1.54) is 11.8 Å². The molecule has 0 aliphatic carbocycles. The standard InChI is InChI=1S/C13H24N4O2S/c1-9(2)17-8-14-16-11(17)20-7-10(18)15-12(3,4)13(5,6)19/h8-9,19H,7H2,1-6H3,(H,15,18). The molecule has 6 nitrogen and oxygen atoms in total. The minimum atomic E-state index is -0.995. The number of nitrogens with one attached hydrogen (secondary N) is 1. The molecule has 1 aromatic heterocycles. The summed E-state index contributed by atoms with van der Waals surface area (Å²) < 4.78 is 1.92. The van der Waals surface area contributed by atoms with E-state index in [-0.39, 0.29) is 17.7 Å². The lowest BCUT2D eigenvalue weighted by atomic mass is 9.86. The number of carbonyl (C=O) groups is 1. The minimum absolute atomic E-state index is 0.138. The van der Waals surface area contributed by atoms with Gasteiger partial charge in [-0.1, -0.05) is 11.8 Å². The highest BCUT2D eigenvalue weighted by Crippen LogP contribution is 2.22. The van der Waals surface area contributed by atoms with E-state index in [9.17, 15) is 9.90 Å². The van der Waals surface area contributed by atoms with E-state index in [2.05, 4.69) is 15.5 Å². The van der Waals surface area contributed by atoms with Gasteiger partial charge in [0.1, 0.15) is 6.33 Å². The van der Waals surface area contributed by atoms with Crippen molar-refractivity contribution in [2.45, 2.75) is 63.9 Å². The van der Waals surface area contributed by atoms with Crippen LogP contribution in [0.2, 0.25) is 0 Å². The molecule has 20 heavy (non-hydrogen) atoms. The van der Waals surface area contributed by atoms with E-state index in [0.717, 1.165) is 5.16 Å². The maximum Gasteiger partial charge on any atom is 0.230 e. The molecule has 1 heterocycles. The topological polar surface area (TPSA) is 80.0 Å². The molecule has 114 valence electrons. The number of amides is 1. The predicted octanol–water partition coefficient (Wildman–Crippen LogP) is 1.62. The van der Waals surface area contributed by atoms with Crippen molar-refractivity contribution >= 4 is 17.7 Å². The van der Waals surface area contributed by atoms with Crippen LogP contribution in [0.15, 0.2) is 11.5 Å².